The van der Waals surface area contributed by atoms with Gasteiger partial charge in [0.2, 0.25) is 0 Å². The number of rotatable bonds is 13. The smallest absolute Gasteiger partial charge is 0.335 e. The first kappa shape index (κ1) is 18.0. The highest BCUT2D eigenvalue weighted by atomic mass is 28.4. The molecule has 0 aliphatic heterocycles. The quantitative estimate of drug-likeness (QED) is 0.409. The van der Waals surface area contributed by atoms with E-state index in [1.165, 1.54) is 0 Å². The Kier molecular flexibility index (Phi) is 12.1. The van der Waals surface area contributed by atoms with Crippen LogP contribution in [0.4, 0.5) is 0 Å². The van der Waals surface area contributed by atoms with Crippen LogP contribution in [0.2, 0.25) is 12.6 Å². The van der Waals surface area contributed by atoms with E-state index in [1.807, 2.05) is 13.8 Å². The van der Waals surface area contributed by atoms with Crippen LogP contribution in [0.15, 0.2) is 0 Å². The van der Waals surface area contributed by atoms with Gasteiger partial charge in [0.1, 0.15) is 0 Å². The fraction of sp³-hybridized carbons (Fsp3) is 1.00. The van der Waals surface area contributed by atoms with E-state index in [-0.39, 0.29) is 0 Å². The Hall–Kier alpha value is 0.0169. The predicted octanol–water partition coefficient (Wildman–Crippen LogP) is 1.51. The first-order chi connectivity index (χ1) is 8.68. The zero-order valence-electron chi connectivity index (χ0n) is 12.1. The third kappa shape index (κ3) is 9.99. The minimum Gasteiger partial charge on any atom is -0.392 e. The lowest BCUT2D eigenvalue weighted by molar-refractivity contribution is 0.0663. The molecule has 0 saturated heterocycles. The number of ether oxygens (including phenoxy) is 2. The topological polar surface area (TPSA) is 62.9 Å². The average molecular weight is 279 g/mol. The van der Waals surface area contributed by atoms with Gasteiger partial charge in [-0.25, -0.2) is 0 Å². The minimum atomic E-state index is -2.11. The van der Waals surface area contributed by atoms with E-state index in [2.05, 4.69) is 6.55 Å². The predicted molar refractivity (Wildman–Crippen MR) is 75.0 cm³/mol. The van der Waals surface area contributed by atoms with Gasteiger partial charge in [0, 0.05) is 13.2 Å². The summed E-state index contributed by atoms with van der Waals surface area (Å²) >= 11 is 0. The standard InChI is InChI=1S/C12H29NO4Si/c1-4-14-8-10-16-18(3,12-6-7-13)17-11-9-15-5-2/h4-13H2,1-3H3. The van der Waals surface area contributed by atoms with Crippen LogP contribution < -0.4 is 5.73 Å². The summed E-state index contributed by atoms with van der Waals surface area (Å²) < 4.78 is 22.3. The van der Waals surface area contributed by atoms with Crippen molar-refractivity contribution in [3.8, 4) is 0 Å². The van der Waals surface area contributed by atoms with Gasteiger partial charge in [0.05, 0.1) is 26.4 Å². The molecule has 0 atom stereocenters. The third-order valence-corrected chi connectivity index (χ3v) is 5.40. The Morgan fingerprint density at radius 3 is 1.78 bits per heavy atom. The van der Waals surface area contributed by atoms with E-state index in [0.717, 1.165) is 25.7 Å². The molecule has 0 unspecified atom stereocenters. The molecule has 0 heterocycles. The molecule has 0 amide bonds. The summed E-state index contributed by atoms with van der Waals surface area (Å²) in [6.07, 6.45) is 0.937. The summed E-state index contributed by atoms with van der Waals surface area (Å²) in [4.78, 5) is 0. The van der Waals surface area contributed by atoms with Gasteiger partial charge in [0.25, 0.3) is 0 Å². The molecule has 5 nitrogen and oxygen atoms in total. The molecule has 0 rings (SSSR count). The Morgan fingerprint density at radius 1 is 0.889 bits per heavy atom. The molecule has 0 radical (unpaired) electrons. The molecule has 0 aromatic carbocycles. The molecule has 0 aliphatic rings. The number of nitrogens with two attached hydrogens (primary N) is 1. The van der Waals surface area contributed by atoms with Crippen LogP contribution in [-0.4, -0.2) is 54.7 Å². The molecule has 0 spiro atoms. The maximum Gasteiger partial charge on any atom is 0.335 e. The van der Waals surface area contributed by atoms with Crippen LogP contribution in [0.1, 0.15) is 20.3 Å². The maximum absolute atomic E-state index is 5.89. The summed E-state index contributed by atoms with van der Waals surface area (Å²) in [5.41, 5.74) is 5.55. The summed E-state index contributed by atoms with van der Waals surface area (Å²) in [7, 11) is -2.11. The Labute approximate surface area is 112 Å². The summed E-state index contributed by atoms with van der Waals surface area (Å²) in [6, 6.07) is 0.918. The Bertz CT molecular complexity index is 171. The van der Waals surface area contributed by atoms with Gasteiger partial charge in [-0.2, -0.15) is 0 Å². The highest BCUT2D eigenvalue weighted by Gasteiger charge is 2.30. The van der Waals surface area contributed by atoms with Crippen molar-refractivity contribution in [2.75, 3.05) is 46.2 Å². The van der Waals surface area contributed by atoms with E-state index >= 15 is 0 Å². The Morgan fingerprint density at radius 2 is 1.39 bits per heavy atom. The minimum absolute atomic E-state index is 0.593. The van der Waals surface area contributed by atoms with Crippen molar-refractivity contribution >= 4 is 8.56 Å². The van der Waals surface area contributed by atoms with Crippen LogP contribution in [-0.2, 0) is 18.3 Å². The van der Waals surface area contributed by atoms with Crippen molar-refractivity contribution in [1.29, 1.82) is 0 Å². The zero-order valence-corrected chi connectivity index (χ0v) is 13.1. The van der Waals surface area contributed by atoms with Crippen molar-refractivity contribution in [2.45, 2.75) is 32.9 Å². The molecule has 2 N–H and O–H groups in total. The second kappa shape index (κ2) is 12.1. The van der Waals surface area contributed by atoms with Crippen LogP contribution in [0, 0.1) is 0 Å². The van der Waals surface area contributed by atoms with Gasteiger partial charge >= 0.3 is 8.56 Å². The van der Waals surface area contributed by atoms with E-state index in [4.69, 9.17) is 24.1 Å². The SMILES string of the molecule is CCOCCO[Si](C)(CCCN)OCCOCC. The highest BCUT2D eigenvalue weighted by Crippen LogP contribution is 2.15. The summed E-state index contributed by atoms with van der Waals surface area (Å²) in [5.74, 6) is 0. The number of hydrogen-bond acceptors (Lipinski definition) is 5. The average Bonchev–Trinajstić information content (AvgIpc) is 2.38. The first-order valence-electron chi connectivity index (χ1n) is 6.82. The highest BCUT2D eigenvalue weighted by molar-refractivity contribution is 6.66. The van der Waals surface area contributed by atoms with Gasteiger partial charge in [-0.3, -0.25) is 0 Å². The largest absolute Gasteiger partial charge is 0.392 e. The molecule has 0 bridgehead atoms. The maximum atomic E-state index is 5.89. The lowest BCUT2D eigenvalue weighted by atomic mass is 10.5. The molecular weight excluding hydrogens is 250 g/mol. The van der Waals surface area contributed by atoms with E-state index in [9.17, 15) is 0 Å². The molecule has 0 saturated carbocycles. The second-order valence-corrected chi connectivity index (χ2v) is 7.46. The van der Waals surface area contributed by atoms with Crippen LogP contribution >= 0.6 is 0 Å². The van der Waals surface area contributed by atoms with Crippen molar-refractivity contribution in [1.82, 2.24) is 0 Å². The Balaban J connectivity index is 3.90. The molecule has 6 heteroatoms. The van der Waals surface area contributed by atoms with Gasteiger partial charge in [-0.15, -0.1) is 0 Å². The molecule has 110 valence electrons. The molecule has 0 aliphatic carbocycles. The van der Waals surface area contributed by atoms with E-state index in [1.54, 1.807) is 0 Å². The van der Waals surface area contributed by atoms with Crippen molar-refractivity contribution in [3.05, 3.63) is 0 Å². The van der Waals surface area contributed by atoms with Crippen molar-refractivity contribution in [2.24, 2.45) is 5.73 Å². The normalized spacial score (nSPS) is 12.0. The molecule has 0 aromatic rings. The van der Waals surface area contributed by atoms with Crippen LogP contribution in [0.3, 0.4) is 0 Å². The number of hydrogen-bond donors (Lipinski definition) is 1. The zero-order chi connectivity index (χ0) is 13.7. The lowest BCUT2D eigenvalue weighted by Crippen LogP contribution is -2.41. The van der Waals surface area contributed by atoms with Gasteiger partial charge in [0.15, 0.2) is 0 Å². The molecule has 18 heavy (non-hydrogen) atoms. The third-order valence-electron chi connectivity index (χ3n) is 2.51. The first-order valence-corrected chi connectivity index (χ1v) is 9.34. The van der Waals surface area contributed by atoms with Crippen LogP contribution in [0.25, 0.3) is 0 Å². The van der Waals surface area contributed by atoms with Crippen molar-refractivity contribution < 1.29 is 18.3 Å². The lowest BCUT2D eigenvalue weighted by Gasteiger charge is -2.27. The van der Waals surface area contributed by atoms with E-state index in [0.29, 0.717) is 33.0 Å². The van der Waals surface area contributed by atoms with Crippen molar-refractivity contribution in [3.63, 3.8) is 0 Å². The van der Waals surface area contributed by atoms with E-state index < -0.39 is 8.56 Å². The molecule has 0 aromatic heterocycles. The second-order valence-electron chi connectivity index (χ2n) is 4.12. The monoisotopic (exact) mass is 279 g/mol. The fourth-order valence-electron chi connectivity index (χ4n) is 1.53. The molecular formula is C12H29NO4Si. The van der Waals surface area contributed by atoms with Crippen LogP contribution in [0.5, 0.6) is 0 Å². The summed E-state index contributed by atoms with van der Waals surface area (Å²) in [6.45, 7) is 10.6. The summed E-state index contributed by atoms with van der Waals surface area (Å²) in [5, 5.41) is 0. The van der Waals surface area contributed by atoms with Gasteiger partial charge < -0.3 is 24.1 Å². The molecule has 0 fully saturated rings. The van der Waals surface area contributed by atoms with Gasteiger partial charge in [-0.1, -0.05) is 0 Å². The van der Waals surface area contributed by atoms with Gasteiger partial charge in [-0.05, 0) is 39.4 Å². The fourth-order valence-corrected chi connectivity index (χ4v) is 3.78.